The Hall–Kier alpha value is -0.380. The van der Waals surface area contributed by atoms with Gasteiger partial charge in [0.25, 0.3) is 0 Å². The molecule has 0 aliphatic carbocycles. The standard InChI is InChI=1S/C8H13NOS/c1-2-10-5-7-3-8(4-9)11-6-7/h3,6H,2,4-5,9H2,1H3. The maximum atomic E-state index is 5.46. The van der Waals surface area contributed by atoms with Gasteiger partial charge < -0.3 is 10.5 Å². The maximum absolute atomic E-state index is 5.46. The van der Waals surface area contributed by atoms with E-state index in [-0.39, 0.29) is 0 Å². The summed E-state index contributed by atoms with van der Waals surface area (Å²) in [5.74, 6) is 0. The fourth-order valence-electron chi connectivity index (χ4n) is 0.829. The van der Waals surface area contributed by atoms with Gasteiger partial charge in [-0.1, -0.05) is 0 Å². The van der Waals surface area contributed by atoms with Crippen molar-refractivity contribution in [1.82, 2.24) is 0 Å². The molecule has 0 bridgehead atoms. The van der Waals surface area contributed by atoms with Crippen molar-refractivity contribution in [2.45, 2.75) is 20.1 Å². The molecule has 0 amide bonds. The van der Waals surface area contributed by atoms with Crippen molar-refractivity contribution < 1.29 is 4.74 Å². The minimum Gasteiger partial charge on any atom is -0.377 e. The zero-order chi connectivity index (χ0) is 8.10. The molecule has 0 fully saturated rings. The Bertz CT molecular complexity index is 210. The van der Waals surface area contributed by atoms with Crippen LogP contribution < -0.4 is 5.73 Å². The summed E-state index contributed by atoms with van der Waals surface area (Å²) in [7, 11) is 0. The predicted octanol–water partition coefficient (Wildman–Crippen LogP) is 1.74. The lowest BCUT2D eigenvalue weighted by atomic mass is 10.3. The van der Waals surface area contributed by atoms with Crippen LogP contribution in [0, 0.1) is 0 Å². The van der Waals surface area contributed by atoms with Gasteiger partial charge in [0, 0.05) is 18.0 Å². The second-order valence-corrected chi connectivity index (χ2v) is 3.26. The molecule has 0 aliphatic heterocycles. The van der Waals surface area contributed by atoms with Crippen LogP contribution in [-0.4, -0.2) is 6.61 Å². The molecule has 0 aromatic carbocycles. The van der Waals surface area contributed by atoms with Gasteiger partial charge in [0.2, 0.25) is 0 Å². The van der Waals surface area contributed by atoms with Gasteiger partial charge in [0.1, 0.15) is 0 Å². The highest BCUT2D eigenvalue weighted by Crippen LogP contribution is 2.14. The first-order valence-electron chi connectivity index (χ1n) is 3.71. The van der Waals surface area contributed by atoms with Crippen LogP contribution in [0.15, 0.2) is 11.4 Å². The normalized spacial score (nSPS) is 10.4. The third kappa shape index (κ3) is 2.61. The fraction of sp³-hybridized carbons (Fsp3) is 0.500. The summed E-state index contributed by atoms with van der Waals surface area (Å²) in [6.07, 6.45) is 0. The molecule has 0 unspecified atom stereocenters. The third-order valence-corrected chi connectivity index (χ3v) is 2.39. The quantitative estimate of drug-likeness (QED) is 0.749. The van der Waals surface area contributed by atoms with Gasteiger partial charge in [-0.25, -0.2) is 0 Å². The van der Waals surface area contributed by atoms with Crippen LogP contribution in [0.1, 0.15) is 17.4 Å². The monoisotopic (exact) mass is 171 g/mol. The summed E-state index contributed by atoms with van der Waals surface area (Å²) in [5, 5.41) is 2.10. The Labute approximate surface area is 71.0 Å². The first kappa shape index (κ1) is 8.71. The van der Waals surface area contributed by atoms with E-state index in [1.165, 1.54) is 10.4 Å². The largest absolute Gasteiger partial charge is 0.377 e. The van der Waals surface area contributed by atoms with Crippen LogP contribution in [0.3, 0.4) is 0 Å². The van der Waals surface area contributed by atoms with E-state index in [9.17, 15) is 0 Å². The van der Waals surface area contributed by atoms with Gasteiger partial charge >= 0.3 is 0 Å². The van der Waals surface area contributed by atoms with Crippen LogP contribution in [0.25, 0.3) is 0 Å². The van der Waals surface area contributed by atoms with Crippen molar-refractivity contribution in [3.05, 3.63) is 21.9 Å². The van der Waals surface area contributed by atoms with Crippen molar-refractivity contribution in [2.24, 2.45) is 5.73 Å². The van der Waals surface area contributed by atoms with Crippen molar-refractivity contribution in [1.29, 1.82) is 0 Å². The molecule has 0 saturated heterocycles. The summed E-state index contributed by atoms with van der Waals surface area (Å²) in [5.41, 5.74) is 6.70. The highest BCUT2D eigenvalue weighted by molar-refractivity contribution is 7.10. The SMILES string of the molecule is CCOCc1csc(CN)c1. The molecule has 1 heterocycles. The van der Waals surface area contributed by atoms with Crippen LogP contribution in [-0.2, 0) is 17.9 Å². The number of hydrogen-bond donors (Lipinski definition) is 1. The van der Waals surface area contributed by atoms with Crippen molar-refractivity contribution >= 4 is 11.3 Å². The summed E-state index contributed by atoms with van der Waals surface area (Å²) < 4.78 is 5.24. The summed E-state index contributed by atoms with van der Waals surface area (Å²) >= 11 is 1.69. The Morgan fingerprint density at radius 1 is 1.64 bits per heavy atom. The molecule has 0 radical (unpaired) electrons. The highest BCUT2D eigenvalue weighted by atomic mass is 32.1. The number of ether oxygens (including phenoxy) is 1. The molecule has 0 saturated carbocycles. The van der Waals surface area contributed by atoms with Gasteiger partial charge in [-0.05, 0) is 23.9 Å². The third-order valence-electron chi connectivity index (χ3n) is 1.38. The molecule has 2 nitrogen and oxygen atoms in total. The molecule has 0 aliphatic rings. The van der Waals surface area contributed by atoms with Crippen LogP contribution in [0.5, 0.6) is 0 Å². The molecular weight excluding hydrogens is 158 g/mol. The number of rotatable bonds is 4. The van der Waals surface area contributed by atoms with E-state index >= 15 is 0 Å². The smallest absolute Gasteiger partial charge is 0.0724 e. The first-order valence-corrected chi connectivity index (χ1v) is 4.59. The summed E-state index contributed by atoms with van der Waals surface area (Å²) in [6, 6.07) is 2.10. The highest BCUT2D eigenvalue weighted by Gasteiger charge is 1.96. The minimum absolute atomic E-state index is 0.636. The molecule has 2 N–H and O–H groups in total. The minimum atomic E-state index is 0.636. The molecule has 1 rings (SSSR count). The molecule has 62 valence electrons. The van der Waals surface area contributed by atoms with Crippen LogP contribution in [0.2, 0.25) is 0 Å². The Kier molecular flexibility index (Phi) is 3.56. The van der Waals surface area contributed by atoms with Gasteiger partial charge in [-0.15, -0.1) is 11.3 Å². The second kappa shape index (κ2) is 4.49. The van der Waals surface area contributed by atoms with E-state index in [0.29, 0.717) is 13.2 Å². The van der Waals surface area contributed by atoms with Crippen molar-refractivity contribution in [3.8, 4) is 0 Å². The zero-order valence-corrected chi connectivity index (χ0v) is 7.49. The Morgan fingerprint density at radius 2 is 2.45 bits per heavy atom. The van der Waals surface area contributed by atoms with E-state index in [0.717, 1.165) is 6.61 Å². The number of nitrogens with two attached hydrogens (primary N) is 1. The van der Waals surface area contributed by atoms with Gasteiger partial charge in [0.05, 0.1) is 6.61 Å². The lowest BCUT2D eigenvalue weighted by Crippen LogP contribution is -1.92. The Morgan fingerprint density at radius 3 is 3.00 bits per heavy atom. The van der Waals surface area contributed by atoms with E-state index < -0.39 is 0 Å². The van der Waals surface area contributed by atoms with Crippen LogP contribution in [0.4, 0.5) is 0 Å². The lowest BCUT2D eigenvalue weighted by molar-refractivity contribution is 0.134. The van der Waals surface area contributed by atoms with E-state index in [2.05, 4.69) is 11.4 Å². The first-order chi connectivity index (χ1) is 5.36. The second-order valence-electron chi connectivity index (χ2n) is 2.26. The van der Waals surface area contributed by atoms with Gasteiger partial charge in [-0.2, -0.15) is 0 Å². The molecule has 0 atom stereocenters. The lowest BCUT2D eigenvalue weighted by Gasteiger charge is -1.95. The zero-order valence-electron chi connectivity index (χ0n) is 6.67. The van der Waals surface area contributed by atoms with Crippen molar-refractivity contribution in [3.63, 3.8) is 0 Å². The van der Waals surface area contributed by atoms with Crippen LogP contribution >= 0.6 is 11.3 Å². The molecule has 3 heteroatoms. The van der Waals surface area contributed by atoms with E-state index in [1.807, 2.05) is 6.92 Å². The molecule has 0 spiro atoms. The molecule has 11 heavy (non-hydrogen) atoms. The maximum Gasteiger partial charge on any atom is 0.0724 e. The van der Waals surface area contributed by atoms with E-state index in [4.69, 9.17) is 10.5 Å². The molecule has 1 aromatic rings. The van der Waals surface area contributed by atoms with Gasteiger partial charge in [0.15, 0.2) is 0 Å². The van der Waals surface area contributed by atoms with E-state index in [1.54, 1.807) is 11.3 Å². The van der Waals surface area contributed by atoms with Crippen molar-refractivity contribution in [2.75, 3.05) is 6.61 Å². The Balaban J connectivity index is 2.44. The predicted molar refractivity (Wildman–Crippen MR) is 47.5 cm³/mol. The average molecular weight is 171 g/mol. The average Bonchev–Trinajstić information content (AvgIpc) is 2.48. The number of thiophene rings is 1. The number of hydrogen-bond acceptors (Lipinski definition) is 3. The molecule has 1 aromatic heterocycles. The topological polar surface area (TPSA) is 35.2 Å². The van der Waals surface area contributed by atoms with Gasteiger partial charge in [-0.3, -0.25) is 0 Å². The molecular formula is C8H13NOS. The summed E-state index contributed by atoms with van der Waals surface area (Å²) in [6.45, 7) is 4.12. The summed E-state index contributed by atoms with van der Waals surface area (Å²) in [4.78, 5) is 1.22. The fourth-order valence-corrected chi connectivity index (χ4v) is 1.58.